The zero-order valence-corrected chi connectivity index (χ0v) is 19.7. The number of methoxy groups -OCH3 is 1. The molecule has 8 nitrogen and oxygen atoms in total. The van der Waals surface area contributed by atoms with Crippen molar-refractivity contribution in [2.75, 3.05) is 12.4 Å². The number of carbonyl (C=O) groups is 2. The van der Waals surface area contributed by atoms with Gasteiger partial charge in [0, 0.05) is 12.6 Å². The van der Waals surface area contributed by atoms with Gasteiger partial charge in [0.05, 0.1) is 7.11 Å². The summed E-state index contributed by atoms with van der Waals surface area (Å²) in [6, 6.07) is 19.1. The van der Waals surface area contributed by atoms with Crippen molar-refractivity contribution in [2.45, 2.75) is 18.7 Å². The molecule has 34 heavy (non-hydrogen) atoms. The highest BCUT2D eigenvalue weighted by molar-refractivity contribution is 7.87. The zero-order valence-electron chi connectivity index (χ0n) is 18.9. The summed E-state index contributed by atoms with van der Waals surface area (Å²) in [5, 5.41) is 5.21. The van der Waals surface area contributed by atoms with Gasteiger partial charge in [0.1, 0.15) is 22.1 Å². The molecule has 0 atom stereocenters. The Kier molecular flexibility index (Phi) is 7.70. The second-order valence-corrected chi connectivity index (χ2v) is 8.89. The molecule has 3 rings (SSSR count). The number of aryl methyl sites for hydroxylation is 1. The van der Waals surface area contributed by atoms with Gasteiger partial charge in [-0.3, -0.25) is 9.59 Å². The first-order valence-corrected chi connectivity index (χ1v) is 11.6. The molecule has 9 heteroatoms. The highest BCUT2D eigenvalue weighted by Crippen LogP contribution is 2.21. The highest BCUT2D eigenvalue weighted by Gasteiger charge is 2.16. The van der Waals surface area contributed by atoms with Gasteiger partial charge in [0.15, 0.2) is 0 Å². The van der Waals surface area contributed by atoms with Crippen LogP contribution in [0, 0.1) is 6.92 Å². The van der Waals surface area contributed by atoms with Crippen molar-refractivity contribution in [1.29, 1.82) is 0 Å². The number of hydrogen-bond acceptors (Lipinski definition) is 6. The van der Waals surface area contributed by atoms with E-state index in [1.165, 1.54) is 37.3 Å². The van der Waals surface area contributed by atoms with E-state index < -0.39 is 21.9 Å². The van der Waals surface area contributed by atoms with Gasteiger partial charge in [-0.2, -0.15) is 8.42 Å². The molecule has 0 radical (unpaired) electrons. The summed E-state index contributed by atoms with van der Waals surface area (Å²) in [7, 11) is -2.44. The molecule has 0 aliphatic heterocycles. The Hall–Kier alpha value is -4.11. The SMILES string of the molecule is COc1ccc(NC(=O)C(=Cc2ccc(OS(=O)(=O)c3ccc(C)cc3)cc2)NC(C)=O)cc1. The summed E-state index contributed by atoms with van der Waals surface area (Å²) in [5.41, 5.74) is 2.02. The minimum absolute atomic E-state index is 0.0178. The predicted molar refractivity (Wildman–Crippen MR) is 129 cm³/mol. The van der Waals surface area contributed by atoms with Crippen molar-refractivity contribution in [3.63, 3.8) is 0 Å². The second kappa shape index (κ2) is 10.7. The standard InChI is InChI=1S/C25H24N2O6S/c1-17-4-14-23(15-5-17)34(30,31)33-22-10-6-19(7-11-22)16-24(26-18(2)28)25(29)27-20-8-12-21(32-3)13-9-20/h4-16H,1-3H3,(H,26,28)(H,27,29). The van der Waals surface area contributed by atoms with Crippen LogP contribution >= 0.6 is 0 Å². The molecule has 2 amide bonds. The van der Waals surface area contributed by atoms with E-state index in [2.05, 4.69) is 10.6 Å². The van der Waals surface area contributed by atoms with Gasteiger partial charge in [0.2, 0.25) is 5.91 Å². The van der Waals surface area contributed by atoms with Gasteiger partial charge in [-0.1, -0.05) is 29.8 Å². The monoisotopic (exact) mass is 480 g/mol. The topological polar surface area (TPSA) is 111 Å². The van der Waals surface area contributed by atoms with E-state index in [1.54, 1.807) is 55.6 Å². The fourth-order valence-corrected chi connectivity index (χ4v) is 3.82. The van der Waals surface area contributed by atoms with Gasteiger partial charge in [-0.05, 0) is 67.1 Å². The summed E-state index contributed by atoms with van der Waals surface area (Å²) in [4.78, 5) is 24.4. The number of nitrogens with one attached hydrogen (secondary N) is 2. The molecule has 0 saturated heterocycles. The molecule has 3 aromatic rings. The number of anilines is 1. The van der Waals surface area contributed by atoms with E-state index in [0.717, 1.165) is 5.56 Å². The fourth-order valence-electron chi connectivity index (χ4n) is 2.89. The fraction of sp³-hybridized carbons (Fsp3) is 0.120. The molecule has 0 bridgehead atoms. The predicted octanol–water partition coefficient (Wildman–Crippen LogP) is 3.89. The molecule has 176 valence electrons. The summed E-state index contributed by atoms with van der Waals surface area (Å²) in [5.74, 6) is -0.188. The first-order valence-electron chi connectivity index (χ1n) is 10.2. The average molecular weight is 481 g/mol. The molecule has 0 unspecified atom stereocenters. The van der Waals surface area contributed by atoms with Crippen LogP contribution in [0.4, 0.5) is 5.69 Å². The van der Waals surface area contributed by atoms with Crippen LogP contribution in [-0.2, 0) is 19.7 Å². The Labute approximate surface area is 198 Å². The van der Waals surface area contributed by atoms with Gasteiger partial charge >= 0.3 is 10.1 Å². The smallest absolute Gasteiger partial charge is 0.339 e. The van der Waals surface area contributed by atoms with E-state index in [9.17, 15) is 18.0 Å². The minimum Gasteiger partial charge on any atom is -0.497 e. The first kappa shape index (κ1) is 24.5. The maximum atomic E-state index is 12.7. The van der Waals surface area contributed by atoms with Crippen LogP contribution in [0.1, 0.15) is 18.1 Å². The molecular formula is C25H24N2O6S. The third-order valence-corrected chi connectivity index (χ3v) is 5.87. The summed E-state index contributed by atoms with van der Waals surface area (Å²) in [6.07, 6.45) is 1.47. The molecule has 0 saturated carbocycles. The van der Waals surface area contributed by atoms with Gasteiger partial charge in [-0.25, -0.2) is 0 Å². The Morgan fingerprint density at radius 1 is 0.853 bits per heavy atom. The second-order valence-electron chi connectivity index (χ2n) is 7.34. The van der Waals surface area contributed by atoms with Crippen molar-refractivity contribution in [1.82, 2.24) is 5.32 Å². The Morgan fingerprint density at radius 3 is 2.00 bits per heavy atom. The van der Waals surface area contributed by atoms with Crippen LogP contribution in [-0.4, -0.2) is 27.3 Å². The van der Waals surface area contributed by atoms with Crippen LogP contribution < -0.4 is 19.6 Å². The molecule has 0 aliphatic rings. The third-order valence-electron chi connectivity index (χ3n) is 4.61. The molecule has 0 fully saturated rings. The van der Waals surface area contributed by atoms with E-state index in [-0.39, 0.29) is 16.3 Å². The lowest BCUT2D eigenvalue weighted by Gasteiger charge is -2.11. The Morgan fingerprint density at radius 2 is 1.44 bits per heavy atom. The van der Waals surface area contributed by atoms with Gasteiger partial charge in [-0.15, -0.1) is 0 Å². The number of hydrogen-bond donors (Lipinski definition) is 2. The molecule has 2 N–H and O–H groups in total. The lowest BCUT2D eigenvalue weighted by molar-refractivity contribution is -0.120. The molecule has 0 spiro atoms. The molecule has 3 aromatic carbocycles. The van der Waals surface area contributed by atoms with Crippen molar-refractivity contribution in [3.05, 3.63) is 89.6 Å². The van der Waals surface area contributed by atoms with E-state index >= 15 is 0 Å². The highest BCUT2D eigenvalue weighted by atomic mass is 32.2. The first-order chi connectivity index (χ1) is 16.2. The van der Waals surface area contributed by atoms with Crippen LogP contribution in [0.3, 0.4) is 0 Å². The maximum absolute atomic E-state index is 12.7. The maximum Gasteiger partial charge on any atom is 0.339 e. The van der Waals surface area contributed by atoms with E-state index in [4.69, 9.17) is 8.92 Å². The lowest BCUT2D eigenvalue weighted by atomic mass is 10.1. The van der Waals surface area contributed by atoms with Crippen LogP contribution in [0.5, 0.6) is 11.5 Å². The third kappa shape index (κ3) is 6.69. The van der Waals surface area contributed by atoms with Gasteiger partial charge in [0.25, 0.3) is 5.91 Å². The quantitative estimate of drug-likeness (QED) is 0.374. The zero-order chi connectivity index (χ0) is 24.7. The number of rotatable bonds is 8. The Balaban J connectivity index is 1.76. The molecule has 0 aliphatic carbocycles. The average Bonchev–Trinajstić information content (AvgIpc) is 2.80. The number of ether oxygens (including phenoxy) is 1. The largest absolute Gasteiger partial charge is 0.497 e. The summed E-state index contributed by atoms with van der Waals surface area (Å²) in [6.45, 7) is 3.15. The minimum atomic E-state index is -3.98. The Bertz CT molecular complexity index is 1300. The number of benzene rings is 3. The van der Waals surface area contributed by atoms with Crippen molar-refractivity contribution < 1.29 is 26.9 Å². The van der Waals surface area contributed by atoms with E-state index in [0.29, 0.717) is 17.0 Å². The van der Waals surface area contributed by atoms with Crippen LogP contribution in [0.25, 0.3) is 6.08 Å². The molecule has 0 aromatic heterocycles. The molecule has 0 heterocycles. The van der Waals surface area contributed by atoms with Crippen molar-refractivity contribution in [2.24, 2.45) is 0 Å². The van der Waals surface area contributed by atoms with Crippen LogP contribution in [0.2, 0.25) is 0 Å². The van der Waals surface area contributed by atoms with Crippen molar-refractivity contribution >= 4 is 33.7 Å². The van der Waals surface area contributed by atoms with Gasteiger partial charge < -0.3 is 19.6 Å². The summed E-state index contributed by atoms with van der Waals surface area (Å²) < 4.78 is 35.2. The summed E-state index contributed by atoms with van der Waals surface area (Å²) >= 11 is 0. The molecular weight excluding hydrogens is 456 g/mol. The number of carbonyl (C=O) groups excluding carboxylic acids is 2. The van der Waals surface area contributed by atoms with E-state index in [1.807, 2.05) is 6.92 Å². The lowest BCUT2D eigenvalue weighted by Crippen LogP contribution is -2.28. The van der Waals surface area contributed by atoms with Crippen LogP contribution in [0.15, 0.2) is 83.4 Å². The number of amides is 2. The normalized spacial score (nSPS) is 11.4. The van der Waals surface area contributed by atoms with Crippen molar-refractivity contribution in [3.8, 4) is 11.5 Å².